The number of carbonyl (C=O) groups excluding carboxylic acids is 1. The molecule has 1 aromatic heterocycles. The predicted octanol–water partition coefficient (Wildman–Crippen LogP) is 2.13. The molecule has 1 amide bonds. The van der Waals surface area contributed by atoms with Crippen molar-refractivity contribution < 1.29 is 23.8 Å². The number of amides is 1. The summed E-state index contributed by atoms with van der Waals surface area (Å²) in [6.45, 7) is 0.258. The minimum absolute atomic E-state index is 0.0709. The van der Waals surface area contributed by atoms with Crippen LogP contribution in [0.15, 0.2) is 42.5 Å². The van der Waals surface area contributed by atoms with Crippen LogP contribution in [0.25, 0.3) is 10.9 Å². The molecule has 2 N–H and O–H groups in total. The first-order chi connectivity index (χ1) is 13.5. The van der Waals surface area contributed by atoms with Crippen LogP contribution in [0.5, 0.6) is 5.75 Å². The molecule has 4 rings (SSSR count). The van der Waals surface area contributed by atoms with Gasteiger partial charge in [0.1, 0.15) is 23.9 Å². The van der Waals surface area contributed by atoms with Gasteiger partial charge in [0.2, 0.25) is 0 Å². The van der Waals surface area contributed by atoms with Crippen molar-refractivity contribution in [1.29, 1.82) is 0 Å². The summed E-state index contributed by atoms with van der Waals surface area (Å²) >= 11 is 0. The topological polar surface area (TPSA) is 85.6 Å². The quantitative estimate of drug-likeness (QED) is 0.679. The van der Waals surface area contributed by atoms with E-state index >= 15 is 0 Å². The number of ether oxygens (including phenoxy) is 2. The second-order valence-electron chi connectivity index (χ2n) is 6.74. The number of aliphatic hydroxyl groups excluding tert-OH is 1. The van der Waals surface area contributed by atoms with Crippen molar-refractivity contribution in [2.75, 3.05) is 13.2 Å². The summed E-state index contributed by atoms with van der Waals surface area (Å²) in [7, 11) is 1.67. The molecule has 1 saturated heterocycles. The Morgan fingerprint density at radius 1 is 1.39 bits per heavy atom. The minimum atomic E-state index is -1.04. The molecule has 1 unspecified atom stereocenters. The second-order valence-corrected chi connectivity index (χ2v) is 6.74. The number of hydrogen-bond acceptors (Lipinski definition) is 5. The number of aliphatic hydroxyl groups is 1. The molecule has 0 spiro atoms. The number of aromatic nitrogens is 2. The molecule has 8 heteroatoms. The Balaban J connectivity index is 1.59. The van der Waals surface area contributed by atoms with Gasteiger partial charge in [-0.3, -0.25) is 9.48 Å². The van der Waals surface area contributed by atoms with Gasteiger partial charge in [-0.15, -0.1) is 0 Å². The maximum atomic E-state index is 13.8. The van der Waals surface area contributed by atoms with Gasteiger partial charge < -0.3 is 19.9 Å². The smallest absolute Gasteiger partial charge is 0.272 e. The highest BCUT2D eigenvalue weighted by atomic mass is 19.1. The number of nitrogens with zero attached hydrogens (tertiary/aromatic N) is 2. The first-order valence-electron chi connectivity index (χ1n) is 8.92. The largest absolute Gasteiger partial charge is 0.489 e. The summed E-state index contributed by atoms with van der Waals surface area (Å²) in [4.78, 5) is 12.8. The molecule has 0 saturated carbocycles. The zero-order valence-electron chi connectivity index (χ0n) is 15.3. The fourth-order valence-corrected chi connectivity index (χ4v) is 3.19. The first-order valence-corrected chi connectivity index (χ1v) is 8.92. The van der Waals surface area contributed by atoms with Crippen LogP contribution in [0.2, 0.25) is 0 Å². The normalized spacial score (nSPS) is 18.7. The molecule has 28 heavy (non-hydrogen) atoms. The molecule has 1 atom stereocenters. The molecule has 1 aliphatic rings. The van der Waals surface area contributed by atoms with Gasteiger partial charge in [0.25, 0.3) is 5.91 Å². The van der Waals surface area contributed by atoms with Gasteiger partial charge in [-0.2, -0.15) is 5.10 Å². The van der Waals surface area contributed by atoms with Crippen molar-refractivity contribution in [3.63, 3.8) is 0 Å². The van der Waals surface area contributed by atoms with E-state index in [0.717, 1.165) is 0 Å². The van der Waals surface area contributed by atoms with Crippen LogP contribution < -0.4 is 10.1 Å². The molecule has 3 aromatic rings. The van der Waals surface area contributed by atoms with Crippen molar-refractivity contribution in [3.05, 3.63) is 59.5 Å². The Morgan fingerprint density at radius 2 is 2.18 bits per heavy atom. The summed E-state index contributed by atoms with van der Waals surface area (Å²) in [5.41, 5.74) is 0.360. The van der Waals surface area contributed by atoms with Crippen LogP contribution in [0, 0.1) is 5.82 Å². The molecule has 0 bridgehead atoms. The molecule has 1 aliphatic heterocycles. The summed E-state index contributed by atoms with van der Waals surface area (Å²) in [6, 6.07) is 11.6. The molecule has 2 heterocycles. The van der Waals surface area contributed by atoms with Crippen molar-refractivity contribution in [2.24, 2.45) is 7.05 Å². The third kappa shape index (κ3) is 3.32. The van der Waals surface area contributed by atoms with Crippen LogP contribution in [-0.4, -0.2) is 39.7 Å². The summed E-state index contributed by atoms with van der Waals surface area (Å²) in [5.74, 6) is -0.237. The predicted molar refractivity (Wildman–Crippen MR) is 99.3 cm³/mol. The molecule has 2 aromatic carbocycles. The lowest BCUT2D eigenvalue weighted by Gasteiger charge is -2.40. The third-order valence-electron chi connectivity index (χ3n) is 4.85. The monoisotopic (exact) mass is 385 g/mol. The molecule has 0 radical (unpaired) electrons. The summed E-state index contributed by atoms with van der Waals surface area (Å²) in [6.07, 6.45) is 0.544. The molecular formula is C20H20FN3O4. The maximum Gasteiger partial charge on any atom is 0.272 e. The standard InChI is InChI=1S/C20H20FN3O4/c1-24-18(19(26)22-20(12-25)8-9-28-20)15-10-14(6-7-17(15)23-24)27-11-13-4-2-3-5-16(13)21/h2-7,10,25H,8-9,11-12H2,1H3,(H,22,26). The highest BCUT2D eigenvalue weighted by molar-refractivity contribution is 6.05. The number of hydrogen-bond donors (Lipinski definition) is 2. The van der Waals surface area contributed by atoms with Gasteiger partial charge in [-0.1, -0.05) is 18.2 Å². The number of nitrogens with one attached hydrogen (secondary N) is 1. The van der Waals surface area contributed by atoms with Crippen LogP contribution in [0.3, 0.4) is 0 Å². The van der Waals surface area contributed by atoms with Gasteiger partial charge in [0, 0.05) is 24.4 Å². The lowest BCUT2D eigenvalue weighted by molar-refractivity contribution is -0.182. The van der Waals surface area contributed by atoms with Crippen molar-refractivity contribution in [3.8, 4) is 5.75 Å². The average molecular weight is 385 g/mol. The molecular weight excluding hydrogens is 365 g/mol. The SMILES string of the molecule is Cn1nc2ccc(OCc3ccccc3F)cc2c1C(=O)NC1(CO)CCO1. The van der Waals surface area contributed by atoms with Gasteiger partial charge in [0.05, 0.1) is 18.7 Å². The Labute approximate surface area is 160 Å². The molecule has 7 nitrogen and oxygen atoms in total. The van der Waals surface area contributed by atoms with E-state index in [4.69, 9.17) is 9.47 Å². The third-order valence-corrected chi connectivity index (χ3v) is 4.85. The van der Waals surface area contributed by atoms with E-state index in [2.05, 4.69) is 10.4 Å². The van der Waals surface area contributed by atoms with Gasteiger partial charge in [-0.05, 0) is 24.3 Å². The number of benzene rings is 2. The lowest BCUT2D eigenvalue weighted by Crippen LogP contribution is -2.60. The summed E-state index contributed by atoms with van der Waals surface area (Å²) < 4.78 is 26.3. The van der Waals surface area contributed by atoms with Crippen LogP contribution in [0.4, 0.5) is 4.39 Å². The van der Waals surface area contributed by atoms with E-state index in [-0.39, 0.29) is 19.0 Å². The number of fused-ring (bicyclic) bond motifs is 1. The van der Waals surface area contributed by atoms with Crippen molar-refractivity contribution in [2.45, 2.75) is 18.8 Å². The lowest BCUT2D eigenvalue weighted by atomic mass is 10.1. The number of carbonyl (C=O) groups is 1. The number of halogens is 1. The average Bonchev–Trinajstić information content (AvgIpc) is 2.99. The molecule has 0 aliphatic carbocycles. The molecule has 146 valence electrons. The Kier molecular flexibility index (Phi) is 4.74. The van der Waals surface area contributed by atoms with Gasteiger partial charge in [0.15, 0.2) is 5.72 Å². The van der Waals surface area contributed by atoms with Crippen molar-refractivity contribution in [1.82, 2.24) is 15.1 Å². The Morgan fingerprint density at radius 3 is 2.86 bits per heavy atom. The minimum Gasteiger partial charge on any atom is -0.489 e. The van der Waals surface area contributed by atoms with Crippen molar-refractivity contribution >= 4 is 16.8 Å². The zero-order valence-corrected chi connectivity index (χ0v) is 15.3. The van der Waals surface area contributed by atoms with Crippen LogP contribution in [-0.2, 0) is 18.4 Å². The van der Waals surface area contributed by atoms with Crippen LogP contribution in [0.1, 0.15) is 22.5 Å². The Bertz CT molecular complexity index is 1020. The van der Waals surface area contributed by atoms with Gasteiger partial charge >= 0.3 is 0 Å². The second kappa shape index (κ2) is 7.21. The number of aryl methyl sites for hydroxylation is 1. The summed E-state index contributed by atoms with van der Waals surface area (Å²) in [5, 5.41) is 17.2. The molecule has 1 fully saturated rings. The fraction of sp³-hybridized carbons (Fsp3) is 0.300. The van der Waals surface area contributed by atoms with E-state index in [1.54, 1.807) is 43.4 Å². The van der Waals surface area contributed by atoms with E-state index < -0.39 is 11.6 Å². The zero-order chi connectivity index (χ0) is 19.7. The van der Waals surface area contributed by atoms with E-state index in [1.165, 1.54) is 10.7 Å². The van der Waals surface area contributed by atoms with Gasteiger partial charge in [-0.25, -0.2) is 4.39 Å². The van der Waals surface area contributed by atoms with E-state index in [9.17, 15) is 14.3 Å². The highest BCUT2D eigenvalue weighted by Gasteiger charge is 2.40. The van der Waals surface area contributed by atoms with Crippen LogP contribution >= 0.6 is 0 Å². The van der Waals surface area contributed by atoms with E-state index in [1.807, 2.05) is 0 Å². The number of rotatable bonds is 6. The first kappa shape index (κ1) is 18.4. The maximum absolute atomic E-state index is 13.8. The Hall–Kier alpha value is -2.97. The van der Waals surface area contributed by atoms with E-state index in [0.29, 0.717) is 40.9 Å². The highest BCUT2D eigenvalue weighted by Crippen LogP contribution is 2.27. The fourth-order valence-electron chi connectivity index (χ4n) is 3.19.